The highest BCUT2D eigenvalue weighted by molar-refractivity contribution is 7.80. The van der Waals surface area contributed by atoms with Gasteiger partial charge in [0.25, 0.3) is 0 Å². The second kappa shape index (κ2) is 47.9. The summed E-state index contributed by atoms with van der Waals surface area (Å²) < 4.78 is 0. The maximum absolute atomic E-state index is 15.1. The minimum absolute atomic E-state index is 0.0186. The Hall–Kier alpha value is -8.05. The summed E-state index contributed by atoms with van der Waals surface area (Å²) in [6.07, 6.45) is 14.6. The first-order chi connectivity index (χ1) is 48.0. The number of primary amides is 1. The summed E-state index contributed by atoms with van der Waals surface area (Å²) in [5.41, 5.74) is 50.3. The summed E-state index contributed by atoms with van der Waals surface area (Å²) in [6, 6.07) is -12.6. The Morgan fingerprint density at radius 1 is 0.327 bits per heavy atom. The molecule has 3 fully saturated rings. The molecule has 0 bridgehead atoms. The van der Waals surface area contributed by atoms with Crippen molar-refractivity contribution in [1.29, 1.82) is 0 Å². The van der Waals surface area contributed by atoms with Gasteiger partial charge in [-0.15, -0.1) is 0 Å². The first kappa shape index (κ1) is 87.2. The minimum Gasteiger partial charge on any atom is -0.370 e. The van der Waals surface area contributed by atoms with Crippen molar-refractivity contribution in [2.45, 2.75) is 255 Å². The van der Waals surface area contributed by atoms with E-state index in [9.17, 15) is 47.9 Å². The number of carbonyl (C=O) groups is 11. The average molecular weight is 1460 g/mol. The van der Waals surface area contributed by atoms with E-state index in [-0.39, 0.29) is 156 Å². The molecule has 0 aromatic rings. The molecule has 0 radical (unpaired) electrons. The molecule has 3 saturated carbocycles. The van der Waals surface area contributed by atoms with E-state index in [2.05, 4.69) is 98.4 Å². The molecule has 34 nitrogen and oxygen atoms in total. The molecule has 101 heavy (non-hydrogen) atoms. The fraction of sp³-hybridized carbons (Fsp3) is 0.769. The molecule has 572 valence electrons. The topological polar surface area (TPSA) is 592 Å². The van der Waals surface area contributed by atoms with E-state index in [0.29, 0.717) is 6.42 Å². The minimum atomic E-state index is -1.41. The first-order valence-corrected chi connectivity index (χ1v) is 37.0. The highest BCUT2D eigenvalue weighted by Crippen LogP contribution is 2.30. The summed E-state index contributed by atoms with van der Waals surface area (Å²) in [5, 5.41) is 27.6. The lowest BCUT2D eigenvalue weighted by atomic mass is 9.84. The lowest BCUT2D eigenvalue weighted by molar-refractivity contribution is -0.136. The Bertz CT molecular complexity index is 2780. The van der Waals surface area contributed by atoms with Crippen LogP contribution in [0.2, 0.25) is 0 Å². The lowest BCUT2D eigenvalue weighted by Gasteiger charge is -2.31. The standard InChI is InChI=1S/C65H119N23O11S2/c1-37(2)31-46(84-54(92)45(26-16-30-78-65(73)74)83-61(99)51(36-101)87-57(95)47(79-38(3)89)32-39-17-7-4-8-18-39)56(94)86-48(33-40-19-9-5-10-20-40)58(96)82-43(24-14-28-76-63(69)70)53(91)81-44(25-15-29-77-64(71)72)55(93)85-49(34-41-21-11-6-12-22-41)59(97)88-50(35-100)60(98)80-42(52(66)90)23-13-27-75-62(67)68/h37,39-51,100-101H,4-36H2,1-3H3,(H2,66,90)(H,79,89)(H,80,98)(H,81,91)(H,82,96)(H,83,99)(H,84,92)(H,85,93)(H,86,94)(H,87,95)(H,88,97)(H4,67,68,75)(H4,69,70,76)(H4,71,72,77)(H4,73,74,78)/t42-,43-,44-,45-,46-,47-,48-,49-,50-,51-/m0/s1. The highest BCUT2D eigenvalue weighted by atomic mass is 32.1. The number of amides is 11. The molecule has 11 amide bonds. The predicted molar refractivity (Wildman–Crippen MR) is 395 cm³/mol. The molecule has 0 aromatic carbocycles. The molecule has 3 aliphatic carbocycles. The number of carbonyl (C=O) groups excluding carboxylic acids is 11. The Morgan fingerprint density at radius 2 is 0.554 bits per heavy atom. The number of nitrogens with one attached hydrogen (secondary N) is 10. The molecule has 3 rings (SSSR count). The number of hydrogen-bond acceptors (Lipinski definition) is 17. The molecule has 36 heteroatoms. The van der Waals surface area contributed by atoms with Crippen LogP contribution in [0.4, 0.5) is 0 Å². The van der Waals surface area contributed by atoms with Gasteiger partial charge in [0.1, 0.15) is 60.4 Å². The number of thiol groups is 2. The summed E-state index contributed by atoms with van der Waals surface area (Å²) in [4.78, 5) is 171. The quantitative estimate of drug-likeness (QED) is 0.0128. The van der Waals surface area contributed by atoms with Crippen LogP contribution < -0.4 is 105 Å². The summed E-state index contributed by atoms with van der Waals surface area (Å²) in [6.45, 7) is 5.23. The Labute approximate surface area is 604 Å². The van der Waals surface area contributed by atoms with Gasteiger partial charge >= 0.3 is 0 Å². The largest absolute Gasteiger partial charge is 0.370 e. The second-order valence-electron chi connectivity index (χ2n) is 27.2. The third-order valence-corrected chi connectivity index (χ3v) is 18.9. The first-order valence-electron chi connectivity index (χ1n) is 35.7. The van der Waals surface area contributed by atoms with Crippen LogP contribution in [0.15, 0.2) is 20.0 Å². The number of nitrogens with two attached hydrogens (primary N) is 9. The maximum Gasteiger partial charge on any atom is 0.244 e. The molecule has 0 unspecified atom stereocenters. The zero-order chi connectivity index (χ0) is 75.0. The van der Waals surface area contributed by atoms with E-state index in [1.54, 1.807) is 0 Å². The van der Waals surface area contributed by atoms with Gasteiger partial charge < -0.3 is 105 Å². The van der Waals surface area contributed by atoms with Crippen molar-refractivity contribution in [3.63, 3.8) is 0 Å². The zero-order valence-electron chi connectivity index (χ0n) is 59.3. The normalized spacial score (nSPS) is 17.2. The second-order valence-corrected chi connectivity index (χ2v) is 27.9. The van der Waals surface area contributed by atoms with Gasteiger partial charge in [0.05, 0.1) is 0 Å². The van der Waals surface area contributed by atoms with Gasteiger partial charge in [-0.3, -0.25) is 72.7 Å². The molecule has 10 atom stereocenters. The van der Waals surface area contributed by atoms with E-state index in [1.165, 1.54) is 6.92 Å². The Morgan fingerprint density at radius 3 is 0.822 bits per heavy atom. The van der Waals surface area contributed by atoms with Crippen molar-refractivity contribution >= 4 is 114 Å². The van der Waals surface area contributed by atoms with E-state index >= 15 is 4.79 Å². The molecule has 0 spiro atoms. The summed E-state index contributed by atoms with van der Waals surface area (Å²) >= 11 is 8.71. The third kappa shape index (κ3) is 35.9. The van der Waals surface area contributed by atoms with Crippen LogP contribution >= 0.6 is 25.3 Å². The fourth-order valence-corrected chi connectivity index (χ4v) is 13.4. The van der Waals surface area contributed by atoms with E-state index in [0.717, 1.165) is 96.3 Å². The van der Waals surface area contributed by atoms with Crippen LogP contribution in [0, 0.1) is 23.7 Å². The SMILES string of the molecule is CC(=O)N[C@@H](CC1CCCCC1)C(=O)N[C@@H](CS)C(=O)N[C@@H](CCCN=C(N)N)C(=O)N[C@@H](CC(C)C)C(=O)N[C@@H](CC1CCCCC1)C(=O)N[C@@H](CCCN=C(N)N)C(=O)N[C@@H](CCCN=C(N)N)C(=O)N[C@@H](CC1CCCCC1)C(=O)N[C@@H](CS)C(=O)N[C@@H](CCCN=C(N)N)C(N)=O. The van der Waals surface area contributed by atoms with Gasteiger partial charge in [0.15, 0.2) is 23.8 Å². The molecule has 0 saturated heterocycles. The van der Waals surface area contributed by atoms with Crippen molar-refractivity contribution in [2.75, 3.05) is 37.7 Å². The molecule has 28 N–H and O–H groups in total. The summed E-state index contributed by atoms with van der Waals surface area (Å²) in [5.74, 6) is -9.39. The zero-order valence-corrected chi connectivity index (χ0v) is 61.1. The van der Waals surface area contributed by atoms with Crippen LogP contribution in [0.3, 0.4) is 0 Å². The number of nitrogens with zero attached hydrogens (tertiary/aromatic N) is 4. The lowest BCUT2D eigenvalue weighted by Crippen LogP contribution is -2.61. The molecule has 0 aromatic heterocycles. The van der Waals surface area contributed by atoms with Crippen molar-refractivity contribution in [1.82, 2.24) is 53.2 Å². The number of guanidine groups is 4. The molecular formula is C65H119N23O11S2. The van der Waals surface area contributed by atoms with Crippen molar-refractivity contribution < 1.29 is 52.7 Å². The van der Waals surface area contributed by atoms with Crippen molar-refractivity contribution in [2.24, 2.45) is 95.2 Å². The Balaban J connectivity index is 2.02. The van der Waals surface area contributed by atoms with E-state index in [4.69, 9.17) is 51.6 Å². The van der Waals surface area contributed by atoms with Gasteiger partial charge in [-0.25, -0.2) is 0 Å². The van der Waals surface area contributed by atoms with E-state index < -0.39 is 125 Å². The van der Waals surface area contributed by atoms with E-state index in [1.807, 2.05) is 13.8 Å². The fourth-order valence-electron chi connectivity index (χ4n) is 12.9. The van der Waals surface area contributed by atoms with Gasteiger partial charge in [0.2, 0.25) is 65.0 Å². The number of aliphatic imine (C=N–C) groups is 4. The van der Waals surface area contributed by atoms with Gasteiger partial charge in [0, 0.05) is 44.6 Å². The average Bonchev–Trinajstić information content (AvgIpc) is 0.858. The highest BCUT2D eigenvalue weighted by Gasteiger charge is 2.38. The van der Waals surface area contributed by atoms with Crippen LogP contribution in [0.5, 0.6) is 0 Å². The van der Waals surface area contributed by atoms with Crippen molar-refractivity contribution in [3.8, 4) is 0 Å². The van der Waals surface area contributed by atoms with Gasteiger partial charge in [-0.1, -0.05) is 110 Å². The van der Waals surface area contributed by atoms with Crippen LogP contribution in [-0.4, -0.2) is 187 Å². The molecular weight excluding hydrogens is 1340 g/mol. The molecule has 0 heterocycles. The molecule has 0 aliphatic heterocycles. The predicted octanol–water partition coefficient (Wildman–Crippen LogP) is -2.63. The monoisotopic (exact) mass is 1460 g/mol. The maximum atomic E-state index is 15.1. The van der Waals surface area contributed by atoms with Gasteiger partial charge in [-0.05, 0) is 101 Å². The molecule has 3 aliphatic rings. The smallest absolute Gasteiger partial charge is 0.244 e. The van der Waals surface area contributed by atoms with Crippen LogP contribution in [-0.2, 0) is 52.7 Å². The summed E-state index contributed by atoms with van der Waals surface area (Å²) in [7, 11) is 0. The number of rotatable bonds is 46. The van der Waals surface area contributed by atoms with Gasteiger partial charge in [-0.2, -0.15) is 25.3 Å². The third-order valence-electron chi connectivity index (χ3n) is 18.2. The Kier molecular flexibility index (Phi) is 41.4. The number of hydrogen-bond donors (Lipinski definition) is 21. The van der Waals surface area contributed by atoms with Crippen LogP contribution in [0.1, 0.15) is 194 Å². The van der Waals surface area contributed by atoms with Crippen molar-refractivity contribution in [3.05, 3.63) is 0 Å². The van der Waals surface area contributed by atoms with Crippen LogP contribution in [0.25, 0.3) is 0 Å².